The molecule has 238 valence electrons. The molecule has 2 aromatic heterocycles. The lowest BCUT2D eigenvalue weighted by Crippen LogP contribution is -2.38. The first-order valence-electron chi connectivity index (χ1n) is 14.2. The van der Waals surface area contributed by atoms with Gasteiger partial charge in [0.15, 0.2) is 0 Å². The number of fused-ring (bicyclic) bond motifs is 1. The van der Waals surface area contributed by atoms with Gasteiger partial charge in [0, 0.05) is 35.4 Å². The predicted molar refractivity (Wildman–Crippen MR) is 167 cm³/mol. The van der Waals surface area contributed by atoms with Crippen LogP contribution in [0.15, 0.2) is 77.9 Å². The van der Waals surface area contributed by atoms with Crippen LogP contribution < -0.4 is 21.5 Å². The van der Waals surface area contributed by atoms with Crippen molar-refractivity contribution < 1.29 is 27.2 Å². The topological polar surface area (TPSA) is 110 Å². The molecule has 2 amide bonds. The fourth-order valence-corrected chi connectivity index (χ4v) is 5.10. The minimum Gasteiger partial charge on any atom is -0.355 e. The number of likely N-dealkylation sites (N-methyl/N-ethyl adjacent to an activating group) is 1. The lowest BCUT2D eigenvalue weighted by atomic mass is 10.1. The summed E-state index contributed by atoms with van der Waals surface area (Å²) in [6.45, 7) is 2.94. The molecule has 0 fully saturated rings. The first kappa shape index (κ1) is 32.1. The third-order valence-corrected chi connectivity index (χ3v) is 7.63. The van der Waals surface area contributed by atoms with E-state index in [1.807, 2.05) is 0 Å². The maximum atomic E-state index is 14.2. The van der Waals surface area contributed by atoms with Crippen LogP contribution in [-0.2, 0) is 17.5 Å². The Morgan fingerprint density at radius 3 is 2.48 bits per heavy atom. The Labute approximate surface area is 260 Å². The molecule has 0 bridgehead atoms. The van der Waals surface area contributed by atoms with Crippen molar-refractivity contribution >= 4 is 28.4 Å². The smallest absolute Gasteiger partial charge is 0.355 e. The van der Waals surface area contributed by atoms with Gasteiger partial charge in [0.05, 0.1) is 29.9 Å². The highest BCUT2D eigenvalue weighted by Gasteiger charge is 2.32. The highest BCUT2D eigenvalue weighted by atomic mass is 19.4. The van der Waals surface area contributed by atoms with Crippen LogP contribution in [-0.4, -0.2) is 46.1 Å². The second-order valence-corrected chi connectivity index (χ2v) is 10.8. The molecule has 46 heavy (non-hydrogen) atoms. The maximum Gasteiger partial charge on any atom is 0.416 e. The number of nitrogens with one attached hydrogen (secondary N) is 3. The van der Waals surface area contributed by atoms with E-state index in [0.717, 1.165) is 16.7 Å². The van der Waals surface area contributed by atoms with E-state index in [1.54, 1.807) is 45.3 Å². The van der Waals surface area contributed by atoms with E-state index in [-0.39, 0.29) is 34.9 Å². The van der Waals surface area contributed by atoms with Gasteiger partial charge in [0.25, 0.3) is 11.5 Å². The lowest BCUT2D eigenvalue weighted by molar-refractivity contribution is -0.137. The van der Waals surface area contributed by atoms with Crippen LogP contribution in [0, 0.1) is 12.7 Å². The quantitative estimate of drug-likeness (QED) is 0.202. The van der Waals surface area contributed by atoms with Crippen LogP contribution in [0.5, 0.6) is 0 Å². The van der Waals surface area contributed by atoms with E-state index in [1.165, 1.54) is 48.1 Å². The Kier molecular flexibility index (Phi) is 8.79. The Hall–Kier alpha value is -5.30. The van der Waals surface area contributed by atoms with Crippen molar-refractivity contribution in [3.05, 3.63) is 111 Å². The average molecular weight is 635 g/mol. The van der Waals surface area contributed by atoms with Gasteiger partial charge in [-0.1, -0.05) is 12.1 Å². The Morgan fingerprint density at radius 1 is 1.02 bits per heavy atom. The summed E-state index contributed by atoms with van der Waals surface area (Å²) in [7, 11) is 3.03. The Balaban J connectivity index is 1.70. The van der Waals surface area contributed by atoms with Crippen molar-refractivity contribution in [2.45, 2.75) is 32.6 Å². The number of hydrogen-bond donors (Lipinski definition) is 3. The molecule has 0 aliphatic carbocycles. The molecule has 2 heterocycles. The maximum absolute atomic E-state index is 14.2. The third-order valence-electron chi connectivity index (χ3n) is 7.63. The molecule has 1 unspecified atom stereocenters. The molecule has 1 atom stereocenters. The third kappa shape index (κ3) is 6.40. The molecule has 5 aromatic rings. The van der Waals surface area contributed by atoms with Crippen LogP contribution in [0.3, 0.4) is 0 Å². The highest BCUT2D eigenvalue weighted by Crippen LogP contribution is 2.34. The van der Waals surface area contributed by atoms with E-state index in [9.17, 15) is 31.9 Å². The molecule has 3 N–H and O–H groups in total. The summed E-state index contributed by atoms with van der Waals surface area (Å²) in [4.78, 5) is 43.2. The monoisotopic (exact) mass is 634 g/mol. The Morgan fingerprint density at radius 2 is 1.78 bits per heavy atom. The van der Waals surface area contributed by atoms with Gasteiger partial charge in [0.1, 0.15) is 17.3 Å². The van der Waals surface area contributed by atoms with Gasteiger partial charge < -0.3 is 20.5 Å². The summed E-state index contributed by atoms with van der Waals surface area (Å²) in [6, 6.07) is 13.1. The van der Waals surface area contributed by atoms with Gasteiger partial charge in [-0.15, -0.1) is 0 Å². The number of benzene rings is 3. The summed E-state index contributed by atoms with van der Waals surface area (Å²) in [6.07, 6.45) is -1.94. The molecule has 9 nitrogen and oxygen atoms in total. The van der Waals surface area contributed by atoms with E-state index in [0.29, 0.717) is 22.0 Å². The van der Waals surface area contributed by atoms with Crippen LogP contribution in [0.2, 0.25) is 0 Å². The summed E-state index contributed by atoms with van der Waals surface area (Å²) in [5.74, 6) is -1.33. The van der Waals surface area contributed by atoms with Crippen molar-refractivity contribution in [3.8, 4) is 17.1 Å². The van der Waals surface area contributed by atoms with Crippen LogP contribution in [0.1, 0.15) is 34.0 Å². The minimum atomic E-state index is -4.73. The largest absolute Gasteiger partial charge is 0.416 e. The van der Waals surface area contributed by atoms with Crippen molar-refractivity contribution in [1.82, 2.24) is 24.8 Å². The number of halogens is 4. The molecule has 0 saturated carbocycles. The molecule has 13 heteroatoms. The standard InChI is InChI=1S/C33H30F4N6O3/c1-18-16-42(28-9-8-24(34)14-26(18)28)25-11-20(10-23(13-25)33(35,36)37)17-43-29(21-6-5-7-22(12-21)31(45)39-4)40-15-27(32(43)46)41-30(44)19(2)38-3/h5-16,19,38H,17H2,1-4H3,(H,39,45)(H,41,44). The number of aromatic nitrogens is 3. The molecule has 3 aromatic carbocycles. The fourth-order valence-electron chi connectivity index (χ4n) is 5.10. The molecule has 0 radical (unpaired) electrons. The zero-order valence-electron chi connectivity index (χ0n) is 25.3. The van der Waals surface area contributed by atoms with E-state index in [4.69, 9.17) is 0 Å². The van der Waals surface area contributed by atoms with E-state index >= 15 is 0 Å². The Bertz CT molecular complexity index is 2030. The number of carbonyl (C=O) groups excluding carboxylic acids is 2. The van der Waals surface area contributed by atoms with Gasteiger partial charge in [-0.2, -0.15) is 13.2 Å². The number of hydrogen-bond acceptors (Lipinski definition) is 5. The highest BCUT2D eigenvalue weighted by molar-refractivity contribution is 5.95. The second kappa shape index (κ2) is 12.6. The van der Waals surface area contributed by atoms with E-state index < -0.39 is 41.0 Å². The summed E-state index contributed by atoms with van der Waals surface area (Å²) < 4.78 is 59.4. The first-order valence-corrected chi connectivity index (χ1v) is 14.2. The SMILES string of the molecule is CNC(=O)c1cccc(-c2ncc(NC(=O)C(C)NC)c(=O)n2Cc2cc(-n3cc(C)c4cc(F)ccc43)cc(C(F)(F)F)c2)c1. The second-order valence-electron chi connectivity index (χ2n) is 10.8. The zero-order valence-corrected chi connectivity index (χ0v) is 25.3. The molecule has 5 rings (SSSR count). The molecule has 0 spiro atoms. The van der Waals surface area contributed by atoms with Crippen molar-refractivity contribution in [2.24, 2.45) is 0 Å². The fraction of sp³-hybridized carbons (Fsp3) is 0.212. The number of amides is 2. The molecule has 0 aliphatic heterocycles. The summed E-state index contributed by atoms with van der Waals surface area (Å²) in [5, 5.41) is 8.36. The number of anilines is 1. The van der Waals surface area contributed by atoms with Crippen molar-refractivity contribution in [1.29, 1.82) is 0 Å². The number of nitrogens with zero attached hydrogens (tertiary/aromatic N) is 3. The first-order chi connectivity index (χ1) is 21.8. The minimum absolute atomic E-state index is 0.0621. The summed E-state index contributed by atoms with van der Waals surface area (Å²) in [5.41, 5.74) is 0.164. The molecule has 0 saturated heterocycles. The van der Waals surface area contributed by atoms with Crippen LogP contribution in [0.25, 0.3) is 28.0 Å². The van der Waals surface area contributed by atoms with E-state index in [2.05, 4.69) is 20.9 Å². The zero-order chi connectivity index (χ0) is 33.3. The van der Waals surface area contributed by atoms with Gasteiger partial charge >= 0.3 is 6.18 Å². The number of alkyl halides is 3. The molecular weight excluding hydrogens is 604 g/mol. The number of carbonyl (C=O) groups is 2. The van der Waals surface area contributed by atoms with Crippen molar-refractivity contribution in [2.75, 3.05) is 19.4 Å². The van der Waals surface area contributed by atoms with Gasteiger partial charge in [0.2, 0.25) is 5.91 Å². The summed E-state index contributed by atoms with van der Waals surface area (Å²) >= 11 is 0. The lowest BCUT2D eigenvalue weighted by Gasteiger charge is -2.18. The van der Waals surface area contributed by atoms with Crippen LogP contribution >= 0.6 is 0 Å². The van der Waals surface area contributed by atoms with Crippen molar-refractivity contribution in [3.63, 3.8) is 0 Å². The van der Waals surface area contributed by atoms with Crippen LogP contribution in [0.4, 0.5) is 23.2 Å². The number of aryl methyl sites for hydroxylation is 1. The average Bonchev–Trinajstić information content (AvgIpc) is 3.36. The van der Waals surface area contributed by atoms with Gasteiger partial charge in [-0.25, -0.2) is 9.37 Å². The number of rotatable bonds is 8. The van der Waals surface area contributed by atoms with Gasteiger partial charge in [-0.05, 0) is 80.6 Å². The normalized spacial score (nSPS) is 12.3. The van der Waals surface area contributed by atoms with Gasteiger partial charge in [-0.3, -0.25) is 19.0 Å². The predicted octanol–water partition coefficient (Wildman–Crippen LogP) is 5.27. The molecular formula is C33H30F4N6O3. The molecule has 0 aliphatic rings.